The van der Waals surface area contributed by atoms with Gasteiger partial charge in [-0.05, 0) is 58.3 Å². The Labute approximate surface area is 143 Å². The second kappa shape index (κ2) is 8.39. The third-order valence-electron chi connectivity index (χ3n) is 3.07. The predicted molar refractivity (Wildman–Crippen MR) is 93.0 cm³/mol. The quantitative estimate of drug-likeness (QED) is 0.577. The van der Waals surface area contributed by atoms with Crippen molar-refractivity contribution in [1.82, 2.24) is 0 Å². The molecule has 0 saturated heterocycles. The highest BCUT2D eigenvalue weighted by atomic mass is 79.9. The van der Waals surface area contributed by atoms with Crippen molar-refractivity contribution in [3.63, 3.8) is 0 Å². The molecule has 0 radical (unpaired) electrons. The van der Waals surface area contributed by atoms with Crippen molar-refractivity contribution >= 4 is 28.0 Å². The Kier molecular flexibility index (Phi) is 6.23. The van der Waals surface area contributed by atoms with Crippen molar-refractivity contribution in [3.05, 3.63) is 64.1 Å². The summed E-state index contributed by atoms with van der Waals surface area (Å²) in [6, 6.07) is 13.2. The van der Waals surface area contributed by atoms with Crippen molar-refractivity contribution in [2.75, 3.05) is 13.2 Å². The summed E-state index contributed by atoms with van der Waals surface area (Å²) in [4.78, 5) is 10.5. The number of benzene rings is 2. The zero-order valence-electron chi connectivity index (χ0n) is 12.7. The van der Waals surface area contributed by atoms with E-state index < -0.39 is 5.97 Å². The van der Waals surface area contributed by atoms with Crippen LogP contribution in [0.15, 0.2) is 53.0 Å². The predicted octanol–water partition coefficient (Wildman–Crippen LogP) is 4.31. The molecule has 0 aliphatic carbocycles. The lowest BCUT2D eigenvalue weighted by Gasteiger charge is -2.11. The number of carboxylic acids is 1. The molecule has 2 rings (SSSR count). The van der Waals surface area contributed by atoms with Crippen LogP contribution in [0.1, 0.15) is 11.1 Å². The first-order valence-corrected chi connectivity index (χ1v) is 7.87. The average Bonchev–Trinajstić information content (AvgIpc) is 2.52. The van der Waals surface area contributed by atoms with Crippen LogP contribution in [-0.2, 0) is 4.79 Å². The van der Waals surface area contributed by atoms with Crippen LogP contribution in [0.4, 0.5) is 0 Å². The summed E-state index contributed by atoms with van der Waals surface area (Å²) in [6.07, 6.45) is 2.62. The molecule has 0 aliphatic heterocycles. The lowest BCUT2D eigenvalue weighted by atomic mass is 10.2. The maximum atomic E-state index is 10.5. The Morgan fingerprint density at radius 1 is 1.13 bits per heavy atom. The van der Waals surface area contributed by atoms with Crippen molar-refractivity contribution in [2.24, 2.45) is 0 Å². The van der Waals surface area contributed by atoms with Crippen LogP contribution in [0.3, 0.4) is 0 Å². The molecule has 5 heteroatoms. The average molecular weight is 377 g/mol. The topological polar surface area (TPSA) is 55.8 Å². The van der Waals surface area contributed by atoms with Crippen molar-refractivity contribution in [1.29, 1.82) is 0 Å². The smallest absolute Gasteiger partial charge is 0.328 e. The molecular formula is C18H17BrO4. The fraction of sp³-hybridized carbons (Fsp3) is 0.167. The molecule has 23 heavy (non-hydrogen) atoms. The Morgan fingerprint density at radius 3 is 2.48 bits per heavy atom. The van der Waals surface area contributed by atoms with Crippen LogP contribution in [0.5, 0.6) is 11.5 Å². The number of carbonyl (C=O) groups is 1. The molecule has 0 spiro atoms. The molecular weight excluding hydrogens is 360 g/mol. The van der Waals surface area contributed by atoms with Gasteiger partial charge in [0.25, 0.3) is 0 Å². The van der Waals surface area contributed by atoms with E-state index in [0.29, 0.717) is 19.0 Å². The number of aliphatic carboxylic acids is 1. The van der Waals surface area contributed by atoms with E-state index in [0.717, 1.165) is 27.4 Å². The van der Waals surface area contributed by atoms with Gasteiger partial charge in [0.15, 0.2) is 0 Å². The highest BCUT2D eigenvalue weighted by Gasteiger charge is 2.03. The Hall–Kier alpha value is -2.27. The lowest BCUT2D eigenvalue weighted by Crippen LogP contribution is -2.09. The second-order valence-electron chi connectivity index (χ2n) is 4.82. The van der Waals surface area contributed by atoms with E-state index in [1.807, 2.05) is 31.2 Å². The molecule has 0 aliphatic rings. The van der Waals surface area contributed by atoms with E-state index in [-0.39, 0.29) is 0 Å². The normalized spacial score (nSPS) is 10.7. The number of carboxylic acid groups (broad SMARTS) is 1. The minimum atomic E-state index is -0.977. The molecule has 120 valence electrons. The van der Waals surface area contributed by atoms with Gasteiger partial charge in [0, 0.05) is 6.08 Å². The fourth-order valence-electron chi connectivity index (χ4n) is 1.93. The molecule has 0 heterocycles. The maximum absolute atomic E-state index is 10.5. The number of aryl methyl sites for hydroxylation is 1. The minimum Gasteiger partial charge on any atom is -0.490 e. The van der Waals surface area contributed by atoms with E-state index in [9.17, 15) is 4.79 Å². The third kappa shape index (κ3) is 5.45. The van der Waals surface area contributed by atoms with E-state index in [1.54, 1.807) is 18.2 Å². The van der Waals surface area contributed by atoms with Gasteiger partial charge in [-0.15, -0.1) is 0 Å². The van der Waals surface area contributed by atoms with Crippen molar-refractivity contribution < 1.29 is 19.4 Å². The summed E-state index contributed by atoms with van der Waals surface area (Å²) >= 11 is 3.42. The molecule has 0 saturated carbocycles. The second-order valence-corrected chi connectivity index (χ2v) is 5.68. The summed E-state index contributed by atoms with van der Waals surface area (Å²) < 4.78 is 12.1. The van der Waals surface area contributed by atoms with E-state index in [4.69, 9.17) is 14.6 Å². The van der Waals surface area contributed by atoms with Gasteiger partial charge in [0.2, 0.25) is 0 Å². The molecule has 0 bridgehead atoms. The zero-order chi connectivity index (χ0) is 16.7. The standard InChI is InChI=1S/C18H17BrO4/c1-13-4-2-3-5-16(13)22-10-11-23-17-8-6-14(12-15(17)19)7-9-18(20)21/h2-9,12H,10-11H2,1H3,(H,20,21). The number of hydrogen-bond acceptors (Lipinski definition) is 3. The van der Waals surface area contributed by atoms with Gasteiger partial charge in [0.05, 0.1) is 4.47 Å². The van der Waals surface area contributed by atoms with E-state index in [1.165, 1.54) is 6.08 Å². The highest BCUT2D eigenvalue weighted by molar-refractivity contribution is 9.10. The van der Waals surface area contributed by atoms with Crippen LogP contribution in [0.25, 0.3) is 6.08 Å². The van der Waals surface area contributed by atoms with Crippen molar-refractivity contribution in [3.8, 4) is 11.5 Å². The van der Waals surface area contributed by atoms with Crippen LogP contribution in [0.2, 0.25) is 0 Å². The molecule has 0 atom stereocenters. The van der Waals surface area contributed by atoms with E-state index >= 15 is 0 Å². The van der Waals surface area contributed by atoms with Gasteiger partial charge >= 0.3 is 5.97 Å². The molecule has 1 N–H and O–H groups in total. The molecule has 0 aromatic heterocycles. The molecule has 4 nitrogen and oxygen atoms in total. The molecule has 0 unspecified atom stereocenters. The number of ether oxygens (including phenoxy) is 2. The van der Waals surface area contributed by atoms with Gasteiger partial charge in [0.1, 0.15) is 24.7 Å². The number of hydrogen-bond donors (Lipinski definition) is 1. The molecule has 0 fully saturated rings. The van der Waals surface area contributed by atoms with Crippen LogP contribution < -0.4 is 9.47 Å². The summed E-state index contributed by atoms with van der Waals surface area (Å²) in [5, 5.41) is 8.62. The highest BCUT2D eigenvalue weighted by Crippen LogP contribution is 2.26. The molecule has 0 amide bonds. The van der Waals surface area contributed by atoms with Crippen molar-refractivity contribution in [2.45, 2.75) is 6.92 Å². The van der Waals surface area contributed by atoms with Gasteiger partial charge in [-0.1, -0.05) is 24.3 Å². The molecule has 2 aromatic carbocycles. The minimum absolute atomic E-state index is 0.414. The van der Waals surface area contributed by atoms with Crippen LogP contribution >= 0.6 is 15.9 Å². The van der Waals surface area contributed by atoms with E-state index in [2.05, 4.69) is 15.9 Å². The first-order chi connectivity index (χ1) is 11.1. The number of para-hydroxylation sites is 1. The number of halogens is 1. The fourth-order valence-corrected chi connectivity index (χ4v) is 2.44. The first kappa shape index (κ1) is 17.1. The number of rotatable bonds is 7. The van der Waals surface area contributed by atoms with Gasteiger partial charge in [-0.25, -0.2) is 4.79 Å². The van der Waals surface area contributed by atoms with Crippen LogP contribution in [-0.4, -0.2) is 24.3 Å². The zero-order valence-corrected chi connectivity index (χ0v) is 14.2. The Bertz CT molecular complexity index is 710. The Morgan fingerprint density at radius 2 is 1.83 bits per heavy atom. The summed E-state index contributed by atoms with van der Waals surface area (Å²) in [6.45, 7) is 2.85. The third-order valence-corrected chi connectivity index (χ3v) is 3.69. The lowest BCUT2D eigenvalue weighted by molar-refractivity contribution is -0.131. The van der Waals surface area contributed by atoms with Gasteiger partial charge < -0.3 is 14.6 Å². The summed E-state index contributed by atoms with van der Waals surface area (Å²) in [5.74, 6) is 0.560. The van der Waals surface area contributed by atoms with Crippen LogP contribution in [0, 0.1) is 6.92 Å². The van der Waals surface area contributed by atoms with Gasteiger partial charge in [-0.2, -0.15) is 0 Å². The van der Waals surface area contributed by atoms with Gasteiger partial charge in [-0.3, -0.25) is 0 Å². The summed E-state index contributed by atoms with van der Waals surface area (Å²) in [5.41, 5.74) is 1.87. The molecule has 2 aromatic rings. The monoisotopic (exact) mass is 376 g/mol. The first-order valence-electron chi connectivity index (χ1n) is 7.08. The Balaban J connectivity index is 1.86. The maximum Gasteiger partial charge on any atom is 0.328 e. The SMILES string of the molecule is Cc1ccccc1OCCOc1ccc(C=CC(=O)O)cc1Br. The largest absolute Gasteiger partial charge is 0.490 e. The summed E-state index contributed by atoms with van der Waals surface area (Å²) in [7, 11) is 0.